The highest BCUT2D eigenvalue weighted by molar-refractivity contribution is 5.81. The van der Waals surface area contributed by atoms with Gasteiger partial charge in [0, 0.05) is 18.1 Å². The Morgan fingerprint density at radius 3 is 2.45 bits per heavy atom. The van der Waals surface area contributed by atoms with Crippen LogP contribution in [0.2, 0.25) is 0 Å². The van der Waals surface area contributed by atoms with Gasteiger partial charge in [0.15, 0.2) is 0 Å². The molecule has 0 saturated heterocycles. The normalized spacial score (nSPS) is 22.1. The highest BCUT2D eigenvalue weighted by atomic mass is 16.5. The van der Waals surface area contributed by atoms with Crippen molar-refractivity contribution in [2.75, 3.05) is 20.3 Å². The van der Waals surface area contributed by atoms with Gasteiger partial charge in [-0.2, -0.15) is 0 Å². The van der Waals surface area contributed by atoms with E-state index >= 15 is 0 Å². The third-order valence-electron chi connectivity index (χ3n) is 5.61. The summed E-state index contributed by atoms with van der Waals surface area (Å²) in [5.74, 6) is 0. The van der Waals surface area contributed by atoms with Gasteiger partial charge in [-0.15, -0.1) is 0 Å². The Labute approximate surface area is 136 Å². The maximum Gasteiger partial charge on any atom is 0.0601 e. The molecular weight excluding hydrogens is 270 g/mol. The number of allylic oxidation sites excluding steroid dienone is 1. The molecule has 1 aliphatic rings. The van der Waals surface area contributed by atoms with Gasteiger partial charge in [0.1, 0.15) is 0 Å². The Morgan fingerprint density at radius 2 is 1.86 bits per heavy atom. The van der Waals surface area contributed by atoms with E-state index in [-0.39, 0.29) is 5.41 Å². The minimum absolute atomic E-state index is 0.0102. The predicted octanol–water partition coefficient (Wildman–Crippen LogP) is 4.38. The zero-order chi connectivity index (χ0) is 16.5. The molecule has 2 rings (SSSR count). The molecule has 2 atom stereocenters. The van der Waals surface area contributed by atoms with E-state index < -0.39 is 0 Å². The summed E-state index contributed by atoms with van der Waals surface area (Å²) in [6, 6.07) is 5.06. The van der Waals surface area contributed by atoms with Gasteiger partial charge < -0.3 is 10.1 Å². The first kappa shape index (κ1) is 17.2. The fourth-order valence-electron chi connectivity index (χ4n) is 3.86. The number of hydrogen-bond donors (Lipinski definition) is 1. The van der Waals surface area contributed by atoms with Gasteiger partial charge in [-0.25, -0.2) is 0 Å². The van der Waals surface area contributed by atoms with E-state index in [2.05, 4.69) is 59.0 Å². The standard InChI is InChI=1S/C20H31NO/c1-8-22-12-20(11-14(3)21-7)17(6)16(5)19-15(4)13(2)9-10-18(19)20/h9-10,14,21H,8,11-12H2,1-7H3. The highest BCUT2D eigenvalue weighted by Crippen LogP contribution is 2.50. The molecule has 0 bridgehead atoms. The number of fused-ring (bicyclic) bond motifs is 1. The smallest absolute Gasteiger partial charge is 0.0601 e. The third kappa shape index (κ3) is 2.63. The van der Waals surface area contributed by atoms with Crippen molar-refractivity contribution in [2.45, 2.75) is 59.4 Å². The van der Waals surface area contributed by atoms with E-state index in [1.54, 1.807) is 0 Å². The van der Waals surface area contributed by atoms with Gasteiger partial charge >= 0.3 is 0 Å². The van der Waals surface area contributed by atoms with Crippen molar-refractivity contribution >= 4 is 5.57 Å². The van der Waals surface area contributed by atoms with Crippen LogP contribution < -0.4 is 5.32 Å². The summed E-state index contributed by atoms with van der Waals surface area (Å²) in [4.78, 5) is 0. The lowest BCUT2D eigenvalue weighted by atomic mass is 9.73. The summed E-state index contributed by atoms with van der Waals surface area (Å²) in [7, 11) is 2.04. The van der Waals surface area contributed by atoms with E-state index in [0.29, 0.717) is 6.04 Å². The fraction of sp³-hybridized carbons (Fsp3) is 0.600. The molecule has 0 aliphatic heterocycles. The summed E-state index contributed by atoms with van der Waals surface area (Å²) >= 11 is 0. The Balaban J connectivity index is 2.62. The first-order chi connectivity index (χ1) is 10.4. The van der Waals surface area contributed by atoms with Crippen LogP contribution in [0.5, 0.6) is 0 Å². The van der Waals surface area contributed by atoms with Gasteiger partial charge in [-0.1, -0.05) is 17.7 Å². The minimum Gasteiger partial charge on any atom is -0.380 e. The molecule has 22 heavy (non-hydrogen) atoms. The lowest BCUT2D eigenvalue weighted by Gasteiger charge is -2.35. The van der Waals surface area contributed by atoms with Gasteiger partial charge in [0.05, 0.1) is 6.61 Å². The largest absolute Gasteiger partial charge is 0.380 e. The molecule has 1 N–H and O–H groups in total. The van der Waals surface area contributed by atoms with Crippen molar-refractivity contribution in [3.8, 4) is 0 Å². The summed E-state index contributed by atoms with van der Waals surface area (Å²) in [5, 5.41) is 3.41. The summed E-state index contributed by atoms with van der Waals surface area (Å²) < 4.78 is 5.95. The summed E-state index contributed by atoms with van der Waals surface area (Å²) in [6.07, 6.45) is 1.07. The van der Waals surface area contributed by atoms with Crippen molar-refractivity contribution in [3.63, 3.8) is 0 Å². The monoisotopic (exact) mass is 301 g/mol. The van der Waals surface area contributed by atoms with Crippen LogP contribution in [0.3, 0.4) is 0 Å². The maximum absolute atomic E-state index is 5.95. The topological polar surface area (TPSA) is 21.3 Å². The second kappa shape index (κ2) is 6.55. The number of ether oxygens (including phenoxy) is 1. The molecule has 0 spiro atoms. The molecule has 2 nitrogen and oxygen atoms in total. The van der Waals surface area contributed by atoms with E-state index in [4.69, 9.17) is 4.74 Å². The molecule has 2 unspecified atom stereocenters. The molecule has 1 aromatic carbocycles. The molecule has 1 aliphatic carbocycles. The first-order valence-electron chi connectivity index (χ1n) is 8.43. The van der Waals surface area contributed by atoms with E-state index in [0.717, 1.165) is 19.6 Å². The van der Waals surface area contributed by atoms with Crippen LogP contribution in [0, 0.1) is 13.8 Å². The first-order valence-corrected chi connectivity index (χ1v) is 8.43. The van der Waals surface area contributed by atoms with Crippen molar-refractivity contribution in [2.24, 2.45) is 0 Å². The zero-order valence-electron chi connectivity index (χ0n) is 15.3. The number of benzene rings is 1. The van der Waals surface area contributed by atoms with Gasteiger partial charge in [0.25, 0.3) is 0 Å². The molecule has 0 amide bonds. The number of nitrogens with one attached hydrogen (secondary N) is 1. The van der Waals surface area contributed by atoms with Crippen molar-refractivity contribution in [3.05, 3.63) is 40.0 Å². The molecule has 0 aromatic heterocycles. The summed E-state index contributed by atoms with van der Waals surface area (Å²) in [6.45, 7) is 14.9. The lowest BCUT2D eigenvalue weighted by molar-refractivity contribution is 0.0989. The second-order valence-corrected chi connectivity index (χ2v) is 6.79. The molecule has 122 valence electrons. The predicted molar refractivity (Wildman–Crippen MR) is 95.5 cm³/mol. The van der Waals surface area contributed by atoms with Crippen LogP contribution in [0.25, 0.3) is 5.57 Å². The Kier molecular flexibility index (Phi) is 5.14. The number of rotatable bonds is 6. The van der Waals surface area contributed by atoms with Crippen molar-refractivity contribution < 1.29 is 4.74 Å². The maximum atomic E-state index is 5.95. The molecular formula is C20H31NO. The second-order valence-electron chi connectivity index (χ2n) is 6.79. The molecule has 0 heterocycles. The number of aryl methyl sites for hydroxylation is 1. The van der Waals surface area contributed by atoms with E-state index in [9.17, 15) is 0 Å². The molecule has 2 heteroatoms. The SMILES string of the molecule is CCOCC1(CC(C)NC)C(C)=C(C)c2c1ccc(C)c2C. The van der Waals surface area contributed by atoms with Gasteiger partial charge in [0.2, 0.25) is 0 Å². The Bertz CT molecular complexity index is 588. The molecule has 0 fully saturated rings. The van der Waals surface area contributed by atoms with Gasteiger partial charge in [-0.05, 0) is 82.8 Å². The van der Waals surface area contributed by atoms with Gasteiger partial charge in [-0.3, -0.25) is 0 Å². The average Bonchev–Trinajstić information content (AvgIpc) is 2.71. The van der Waals surface area contributed by atoms with Crippen LogP contribution in [-0.4, -0.2) is 26.3 Å². The average molecular weight is 301 g/mol. The molecule has 0 radical (unpaired) electrons. The van der Waals surface area contributed by atoms with E-state index in [1.807, 2.05) is 7.05 Å². The molecule has 1 aromatic rings. The minimum atomic E-state index is 0.0102. The van der Waals surface area contributed by atoms with Crippen LogP contribution in [-0.2, 0) is 10.2 Å². The van der Waals surface area contributed by atoms with Crippen LogP contribution in [0.15, 0.2) is 17.7 Å². The summed E-state index contributed by atoms with van der Waals surface area (Å²) in [5.41, 5.74) is 8.65. The van der Waals surface area contributed by atoms with Crippen molar-refractivity contribution in [1.29, 1.82) is 0 Å². The molecule has 0 saturated carbocycles. The van der Waals surface area contributed by atoms with Crippen LogP contribution in [0.1, 0.15) is 56.4 Å². The zero-order valence-corrected chi connectivity index (χ0v) is 15.3. The van der Waals surface area contributed by atoms with E-state index in [1.165, 1.54) is 33.4 Å². The third-order valence-corrected chi connectivity index (χ3v) is 5.61. The van der Waals surface area contributed by atoms with Crippen molar-refractivity contribution in [1.82, 2.24) is 5.32 Å². The fourth-order valence-corrected chi connectivity index (χ4v) is 3.86. The Morgan fingerprint density at radius 1 is 1.18 bits per heavy atom. The lowest BCUT2D eigenvalue weighted by Crippen LogP contribution is -2.39. The Hall–Kier alpha value is -1.12. The quantitative estimate of drug-likeness (QED) is 0.842. The van der Waals surface area contributed by atoms with Crippen LogP contribution in [0.4, 0.5) is 0 Å². The van der Waals surface area contributed by atoms with Crippen LogP contribution >= 0.6 is 0 Å². The highest BCUT2D eigenvalue weighted by Gasteiger charge is 2.43. The number of hydrogen-bond acceptors (Lipinski definition) is 2.